The third-order valence-electron chi connectivity index (χ3n) is 3.78. The summed E-state index contributed by atoms with van der Waals surface area (Å²) in [6, 6.07) is 9.17. The molecule has 18 heavy (non-hydrogen) atoms. The number of hydrogen-bond donors (Lipinski definition) is 1. The molecule has 1 aliphatic rings. The Morgan fingerprint density at radius 2 is 2.06 bits per heavy atom. The zero-order chi connectivity index (χ0) is 13.3. The summed E-state index contributed by atoms with van der Waals surface area (Å²) in [4.78, 5) is 13.9. The normalized spacial score (nSPS) is 22.0. The summed E-state index contributed by atoms with van der Waals surface area (Å²) in [5.74, 6) is 0.265. The molecular formula is C14H17N3O. The minimum atomic E-state index is -0.278. The number of nitrogens with zero attached hydrogens (tertiary/aromatic N) is 2. The highest BCUT2D eigenvalue weighted by Gasteiger charge is 2.45. The molecule has 0 radical (unpaired) electrons. The van der Waals surface area contributed by atoms with E-state index in [4.69, 9.17) is 11.0 Å². The van der Waals surface area contributed by atoms with E-state index in [-0.39, 0.29) is 17.4 Å². The molecule has 0 aromatic heterocycles. The maximum absolute atomic E-state index is 12.1. The largest absolute Gasteiger partial charge is 0.330 e. The Morgan fingerprint density at radius 3 is 2.50 bits per heavy atom. The van der Waals surface area contributed by atoms with Gasteiger partial charge in [-0.05, 0) is 44.7 Å². The molecular weight excluding hydrogens is 226 g/mol. The second-order valence-corrected chi connectivity index (χ2v) is 5.18. The van der Waals surface area contributed by atoms with E-state index in [1.54, 1.807) is 17.0 Å². The summed E-state index contributed by atoms with van der Waals surface area (Å²) in [6.45, 7) is 4.58. The topological polar surface area (TPSA) is 70.1 Å². The lowest BCUT2D eigenvalue weighted by molar-refractivity contribution is -0.117. The second-order valence-electron chi connectivity index (χ2n) is 5.18. The van der Waals surface area contributed by atoms with Gasteiger partial charge in [-0.1, -0.05) is 0 Å². The number of carbonyl (C=O) groups is 1. The van der Waals surface area contributed by atoms with E-state index in [2.05, 4.69) is 6.07 Å². The van der Waals surface area contributed by atoms with Gasteiger partial charge in [-0.15, -0.1) is 0 Å². The Labute approximate surface area is 107 Å². The summed E-state index contributed by atoms with van der Waals surface area (Å²) in [5, 5.41) is 8.78. The Balaban J connectivity index is 2.37. The predicted octanol–water partition coefficient (Wildman–Crippen LogP) is 1.65. The van der Waals surface area contributed by atoms with Crippen LogP contribution in [0, 0.1) is 17.2 Å². The average molecular weight is 243 g/mol. The van der Waals surface area contributed by atoms with Crippen molar-refractivity contribution in [2.75, 3.05) is 11.4 Å². The highest BCUT2D eigenvalue weighted by atomic mass is 16.2. The third-order valence-corrected chi connectivity index (χ3v) is 3.78. The molecule has 0 aliphatic carbocycles. The Hall–Kier alpha value is -1.86. The van der Waals surface area contributed by atoms with Gasteiger partial charge in [-0.3, -0.25) is 4.79 Å². The zero-order valence-electron chi connectivity index (χ0n) is 10.7. The molecule has 1 heterocycles. The molecule has 4 heteroatoms. The van der Waals surface area contributed by atoms with Crippen LogP contribution < -0.4 is 10.6 Å². The number of benzene rings is 1. The van der Waals surface area contributed by atoms with Gasteiger partial charge in [0.25, 0.3) is 0 Å². The van der Waals surface area contributed by atoms with Gasteiger partial charge < -0.3 is 10.6 Å². The van der Waals surface area contributed by atoms with Gasteiger partial charge in [-0.25, -0.2) is 0 Å². The first kappa shape index (κ1) is 12.6. The molecule has 2 N–H and O–H groups in total. The van der Waals surface area contributed by atoms with E-state index in [1.165, 1.54) is 0 Å². The van der Waals surface area contributed by atoms with Crippen LogP contribution in [0.3, 0.4) is 0 Å². The molecule has 0 spiro atoms. The smallest absolute Gasteiger partial charge is 0.227 e. The van der Waals surface area contributed by atoms with Crippen molar-refractivity contribution in [3.63, 3.8) is 0 Å². The van der Waals surface area contributed by atoms with Crippen molar-refractivity contribution in [3.8, 4) is 6.07 Å². The van der Waals surface area contributed by atoms with Gasteiger partial charge in [0.15, 0.2) is 0 Å². The highest BCUT2D eigenvalue weighted by Crippen LogP contribution is 2.38. The van der Waals surface area contributed by atoms with Crippen molar-refractivity contribution in [1.82, 2.24) is 0 Å². The SMILES string of the molecule is CC1(C)C(CN)CC(=O)N1c1ccc(C#N)cc1. The molecule has 1 amide bonds. The van der Waals surface area contributed by atoms with E-state index in [1.807, 2.05) is 26.0 Å². The standard InChI is InChI=1S/C14H17N3O/c1-14(2)11(9-16)7-13(18)17(14)12-5-3-10(8-15)4-6-12/h3-6,11H,7,9,16H2,1-2H3. The van der Waals surface area contributed by atoms with E-state index >= 15 is 0 Å². The number of hydrogen-bond acceptors (Lipinski definition) is 3. The number of rotatable bonds is 2. The highest BCUT2D eigenvalue weighted by molar-refractivity contribution is 5.97. The quantitative estimate of drug-likeness (QED) is 0.858. The zero-order valence-corrected chi connectivity index (χ0v) is 10.7. The summed E-state index contributed by atoms with van der Waals surface area (Å²) in [5.41, 5.74) is 6.89. The minimum absolute atomic E-state index is 0.0974. The van der Waals surface area contributed by atoms with Crippen molar-refractivity contribution >= 4 is 11.6 Å². The fraction of sp³-hybridized carbons (Fsp3) is 0.429. The van der Waals surface area contributed by atoms with Crippen LogP contribution in [-0.2, 0) is 4.79 Å². The van der Waals surface area contributed by atoms with Crippen molar-refractivity contribution in [2.45, 2.75) is 25.8 Å². The average Bonchev–Trinajstić information content (AvgIpc) is 2.59. The van der Waals surface area contributed by atoms with Crippen LogP contribution in [0.5, 0.6) is 0 Å². The molecule has 1 fully saturated rings. The molecule has 1 aromatic carbocycles. The Bertz CT molecular complexity index is 499. The van der Waals surface area contributed by atoms with Crippen LogP contribution >= 0.6 is 0 Å². The van der Waals surface area contributed by atoms with Crippen molar-refractivity contribution in [3.05, 3.63) is 29.8 Å². The third kappa shape index (κ3) is 1.87. The van der Waals surface area contributed by atoms with Gasteiger partial charge >= 0.3 is 0 Å². The number of nitriles is 1. The number of nitrogens with two attached hydrogens (primary N) is 1. The van der Waals surface area contributed by atoms with Crippen LogP contribution in [0.2, 0.25) is 0 Å². The number of anilines is 1. The monoisotopic (exact) mass is 243 g/mol. The Kier molecular flexibility index (Phi) is 3.10. The molecule has 1 aliphatic heterocycles. The van der Waals surface area contributed by atoms with E-state index < -0.39 is 0 Å². The summed E-state index contributed by atoms with van der Waals surface area (Å²) >= 11 is 0. The lowest BCUT2D eigenvalue weighted by Crippen LogP contribution is -2.46. The summed E-state index contributed by atoms with van der Waals surface area (Å²) in [7, 11) is 0. The minimum Gasteiger partial charge on any atom is -0.330 e. The molecule has 4 nitrogen and oxygen atoms in total. The van der Waals surface area contributed by atoms with Gasteiger partial charge in [0.1, 0.15) is 0 Å². The summed E-state index contributed by atoms with van der Waals surface area (Å²) < 4.78 is 0. The first-order chi connectivity index (χ1) is 8.50. The molecule has 1 unspecified atom stereocenters. The van der Waals surface area contributed by atoms with Gasteiger partial charge in [0, 0.05) is 23.6 Å². The van der Waals surface area contributed by atoms with Gasteiger partial charge in [-0.2, -0.15) is 5.26 Å². The lowest BCUT2D eigenvalue weighted by atomic mass is 9.88. The van der Waals surface area contributed by atoms with Crippen molar-refractivity contribution < 1.29 is 4.79 Å². The molecule has 0 bridgehead atoms. The molecule has 0 saturated carbocycles. The predicted molar refractivity (Wildman–Crippen MR) is 69.9 cm³/mol. The number of carbonyl (C=O) groups excluding carboxylic acids is 1. The van der Waals surface area contributed by atoms with Crippen LogP contribution in [0.4, 0.5) is 5.69 Å². The molecule has 1 atom stereocenters. The first-order valence-electron chi connectivity index (χ1n) is 6.04. The molecule has 2 rings (SSSR count). The number of amides is 1. The van der Waals surface area contributed by atoms with Gasteiger partial charge in [0.05, 0.1) is 11.6 Å². The first-order valence-corrected chi connectivity index (χ1v) is 6.04. The van der Waals surface area contributed by atoms with Crippen LogP contribution in [0.25, 0.3) is 0 Å². The maximum Gasteiger partial charge on any atom is 0.227 e. The van der Waals surface area contributed by atoms with E-state index in [9.17, 15) is 4.79 Å². The molecule has 94 valence electrons. The van der Waals surface area contributed by atoms with Crippen molar-refractivity contribution in [1.29, 1.82) is 5.26 Å². The fourth-order valence-electron chi connectivity index (χ4n) is 2.59. The van der Waals surface area contributed by atoms with Crippen LogP contribution in [-0.4, -0.2) is 18.0 Å². The van der Waals surface area contributed by atoms with Gasteiger partial charge in [0.2, 0.25) is 5.91 Å². The molecule has 1 aromatic rings. The second kappa shape index (κ2) is 4.43. The van der Waals surface area contributed by atoms with Crippen LogP contribution in [0.15, 0.2) is 24.3 Å². The van der Waals surface area contributed by atoms with Crippen LogP contribution in [0.1, 0.15) is 25.8 Å². The molecule has 1 saturated heterocycles. The van der Waals surface area contributed by atoms with Crippen molar-refractivity contribution in [2.24, 2.45) is 11.7 Å². The fourth-order valence-corrected chi connectivity index (χ4v) is 2.59. The van der Waals surface area contributed by atoms with E-state index in [0.717, 1.165) is 5.69 Å². The van der Waals surface area contributed by atoms with E-state index in [0.29, 0.717) is 18.5 Å². The summed E-state index contributed by atoms with van der Waals surface area (Å²) in [6.07, 6.45) is 0.490. The lowest BCUT2D eigenvalue weighted by Gasteiger charge is -2.35. The maximum atomic E-state index is 12.1. The Morgan fingerprint density at radius 1 is 1.44 bits per heavy atom.